The highest BCUT2D eigenvalue weighted by atomic mass is 79.9. The fourth-order valence-electron chi connectivity index (χ4n) is 15.6. The van der Waals surface area contributed by atoms with E-state index in [0.29, 0.717) is 5.82 Å². The fourth-order valence-corrected chi connectivity index (χ4v) is 17.3. The lowest BCUT2D eigenvalue weighted by atomic mass is 9.96. The predicted molar refractivity (Wildman–Crippen MR) is 483 cm³/mol. The lowest BCUT2D eigenvalue weighted by molar-refractivity contribution is 1.16. The first-order valence-corrected chi connectivity index (χ1v) is 40.1. The number of para-hydroxylation sites is 6. The molecule has 21 aromatic rings. The SMILES string of the molecule is Brc1cccc2c3ccccc3n(-c3cccc(-c4cc(-c5ccccc5)cc(-c5ccccc5)n4)c3)c12.Brc1cccc2c3ccccc3n(-c3cccc(-c4cc(-c5ccccc5)nc(-c5ccccc5)n4)c3)c12.Brc1cccc2c3ccccc3n(-c3cccc(-c4cc(-c5ccccn5)cc(-c5ccccn5)c4)c3)c12. The van der Waals surface area contributed by atoms with Crippen LogP contribution in [-0.2, 0) is 0 Å². The summed E-state index contributed by atoms with van der Waals surface area (Å²) in [6, 6.07) is 137. The van der Waals surface area contributed by atoms with Crippen LogP contribution in [0.2, 0.25) is 0 Å². The van der Waals surface area contributed by atoms with Gasteiger partial charge in [0, 0.05) is 114 Å². The van der Waals surface area contributed by atoms with Crippen LogP contribution in [-0.4, -0.2) is 38.6 Å². The number of nitrogens with zero attached hydrogens (tertiary/aromatic N) is 8. The van der Waals surface area contributed by atoms with Crippen molar-refractivity contribution >= 4 is 113 Å². The molecule has 0 saturated carbocycles. The predicted octanol–water partition coefficient (Wildman–Crippen LogP) is 28.6. The van der Waals surface area contributed by atoms with Crippen LogP contribution in [0.5, 0.6) is 0 Å². The van der Waals surface area contributed by atoms with E-state index in [1.54, 1.807) is 0 Å². The van der Waals surface area contributed by atoms with E-state index in [0.717, 1.165) is 126 Å². The molecule has 7 aromatic heterocycles. The summed E-state index contributed by atoms with van der Waals surface area (Å²) in [5.41, 5.74) is 27.9. The molecule has 0 amide bonds. The molecule has 0 radical (unpaired) electrons. The molecule has 0 bridgehead atoms. The van der Waals surface area contributed by atoms with E-state index in [2.05, 4.69) is 387 Å². The van der Waals surface area contributed by atoms with Crippen LogP contribution in [0.1, 0.15) is 0 Å². The summed E-state index contributed by atoms with van der Waals surface area (Å²) in [6.07, 6.45) is 3.67. The summed E-state index contributed by atoms with van der Waals surface area (Å²) in [6.45, 7) is 0. The van der Waals surface area contributed by atoms with Crippen molar-refractivity contribution in [2.75, 3.05) is 0 Å². The first-order chi connectivity index (χ1) is 56.3. The highest BCUT2D eigenvalue weighted by Crippen LogP contribution is 2.43. The van der Waals surface area contributed by atoms with Gasteiger partial charge >= 0.3 is 0 Å². The van der Waals surface area contributed by atoms with Gasteiger partial charge in [-0.15, -0.1) is 0 Å². The third-order valence-electron chi connectivity index (χ3n) is 20.9. The minimum absolute atomic E-state index is 0.715. The lowest BCUT2D eigenvalue weighted by Crippen LogP contribution is -1.98. The Morgan fingerprint density at radius 1 is 0.184 bits per heavy atom. The van der Waals surface area contributed by atoms with Crippen LogP contribution < -0.4 is 0 Å². The minimum atomic E-state index is 0.715. The molecule has 540 valence electrons. The summed E-state index contributed by atoms with van der Waals surface area (Å²) in [7, 11) is 0. The van der Waals surface area contributed by atoms with Gasteiger partial charge in [-0.1, -0.05) is 261 Å². The van der Waals surface area contributed by atoms with Gasteiger partial charge in [0.15, 0.2) is 5.82 Å². The molecule has 0 saturated heterocycles. The molecule has 0 aliphatic rings. The Hall–Kier alpha value is -13.6. The van der Waals surface area contributed by atoms with Crippen LogP contribution >= 0.6 is 47.8 Å². The maximum Gasteiger partial charge on any atom is 0.160 e. The molecule has 0 spiro atoms. The summed E-state index contributed by atoms with van der Waals surface area (Å²) in [5.74, 6) is 0.715. The van der Waals surface area contributed by atoms with E-state index in [-0.39, 0.29) is 0 Å². The molecule has 0 aliphatic carbocycles. The molecule has 0 fully saturated rings. The van der Waals surface area contributed by atoms with E-state index in [1.165, 1.54) is 65.5 Å². The second-order valence-electron chi connectivity index (χ2n) is 27.9. The first-order valence-electron chi connectivity index (χ1n) is 37.7. The number of benzene rings is 14. The van der Waals surface area contributed by atoms with E-state index in [9.17, 15) is 0 Å². The number of aromatic nitrogens is 8. The third kappa shape index (κ3) is 13.9. The average Bonchev–Trinajstić information content (AvgIpc) is 1.60. The van der Waals surface area contributed by atoms with Crippen LogP contribution in [0, 0.1) is 0 Å². The summed E-state index contributed by atoms with van der Waals surface area (Å²) in [4.78, 5) is 24.4. The van der Waals surface area contributed by atoms with Crippen molar-refractivity contribution in [1.82, 2.24) is 38.6 Å². The van der Waals surface area contributed by atoms with Gasteiger partial charge in [-0.3, -0.25) is 9.97 Å². The quantitative estimate of drug-likeness (QED) is 0.122. The smallest absolute Gasteiger partial charge is 0.160 e. The van der Waals surface area contributed by atoms with Crippen molar-refractivity contribution in [3.05, 3.63) is 420 Å². The van der Waals surface area contributed by atoms with Crippen LogP contribution in [0.25, 0.3) is 184 Å². The monoisotopic (exact) mass is 1650 g/mol. The van der Waals surface area contributed by atoms with Gasteiger partial charge < -0.3 is 13.7 Å². The number of hydrogen-bond acceptors (Lipinski definition) is 5. The largest absolute Gasteiger partial charge is 0.308 e. The number of hydrogen-bond donors (Lipinski definition) is 0. The van der Waals surface area contributed by atoms with Crippen molar-refractivity contribution in [3.8, 4) is 118 Å². The van der Waals surface area contributed by atoms with Crippen LogP contribution in [0.4, 0.5) is 0 Å². The van der Waals surface area contributed by atoms with Gasteiger partial charge in [0.05, 0.1) is 67.3 Å². The Morgan fingerprint density at radius 3 is 0.912 bits per heavy atom. The number of rotatable bonds is 12. The number of fused-ring (bicyclic) bond motifs is 9. The Morgan fingerprint density at radius 2 is 0.491 bits per heavy atom. The number of halogens is 3. The zero-order valence-electron chi connectivity index (χ0n) is 61.4. The van der Waals surface area contributed by atoms with Gasteiger partial charge in [-0.05, 0) is 204 Å². The zero-order chi connectivity index (χ0) is 76.4. The summed E-state index contributed by atoms with van der Waals surface area (Å²) < 4.78 is 10.2. The second kappa shape index (κ2) is 31.3. The molecular weight excluding hydrogens is 1590 g/mol. The van der Waals surface area contributed by atoms with E-state index in [4.69, 9.17) is 15.0 Å². The topological polar surface area (TPSA) is 79.2 Å². The van der Waals surface area contributed by atoms with Gasteiger partial charge in [0.2, 0.25) is 0 Å². The molecule has 14 aromatic carbocycles. The van der Waals surface area contributed by atoms with Crippen molar-refractivity contribution in [2.45, 2.75) is 0 Å². The van der Waals surface area contributed by atoms with E-state index in [1.807, 2.05) is 91.3 Å². The molecule has 0 N–H and O–H groups in total. The standard InChI is InChI=1S/C35H23BrN2.2C34H22BrN3/c36-31-19-10-18-30-29-17-7-8-20-34(29)38(35(30)31)28-16-9-15-26(21-28)33-23-27(24-11-3-1-4-12-24)22-32(37-33)25-13-5-2-6-14-25;35-29-19-10-18-28-27-17-7-8-20-32(27)38(33(28)29)26-16-9-15-25(21-26)31-22-30(23-11-3-1-4-12-23)36-34(37-31)24-13-5-2-6-14-24;35-30-13-8-12-29-28-11-1-2-16-33(28)38(34(29)30)27-10-7-9-23(22-27)24-19-25(31-14-3-5-17-36-31)21-26(20-24)32-15-4-6-18-37-32/h1-23H;2*1-22H. The third-order valence-corrected chi connectivity index (χ3v) is 22.8. The van der Waals surface area contributed by atoms with Gasteiger partial charge in [-0.25, -0.2) is 15.0 Å². The van der Waals surface area contributed by atoms with Crippen LogP contribution in [0.15, 0.2) is 420 Å². The normalized spacial score (nSPS) is 11.3. The zero-order valence-corrected chi connectivity index (χ0v) is 66.2. The Labute approximate surface area is 684 Å². The molecule has 0 atom stereocenters. The van der Waals surface area contributed by atoms with Gasteiger partial charge in [0.25, 0.3) is 0 Å². The first kappa shape index (κ1) is 70.8. The molecule has 7 heterocycles. The summed E-state index contributed by atoms with van der Waals surface area (Å²) >= 11 is 11.5. The maximum atomic E-state index is 5.15. The number of pyridine rings is 3. The lowest BCUT2D eigenvalue weighted by Gasteiger charge is -2.13. The Kier molecular flexibility index (Phi) is 19.4. The highest BCUT2D eigenvalue weighted by molar-refractivity contribution is 9.11. The minimum Gasteiger partial charge on any atom is -0.308 e. The van der Waals surface area contributed by atoms with Crippen molar-refractivity contribution in [1.29, 1.82) is 0 Å². The second-order valence-corrected chi connectivity index (χ2v) is 30.5. The molecule has 114 heavy (non-hydrogen) atoms. The van der Waals surface area contributed by atoms with Gasteiger partial charge in [0.1, 0.15) is 0 Å². The molecule has 8 nitrogen and oxygen atoms in total. The van der Waals surface area contributed by atoms with E-state index >= 15 is 0 Å². The Balaban J connectivity index is 0.000000115. The molecule has 11 heteroatoms. The molecule has 21 rings (SSSR count). The van der Waals surface area contributed by atoms with Crippen LogP contribution in [0.3, 0.4) is 0 Å². The van der Waals surface area contributed by atoms with Crippen molar-refractivity contribution in [2.24, 2.45) is 0 Å². The molecular formula is C103H67Br3N8. The summed E-state index contributed by atoms with van der Waals surface area (Å²) in [5, 5.41) is 7.40. The average molecular weight is 1660 g/mol. The molecule has 0 unspecified atom stereocenters. The maximum absolute atomic E-state index is 5.15. The molecule has 0 aliphatic heterocycles. The fraction of sp³-hybridized carbons (Fsp3) is 0. The highest BCUT2D eigenvalue weighted by Gasteiger charge is 2.21. The van der Waals surface area contributed by atoms with Gasteiger partial charge in [-0.2, -0.15) is 0 Å². The van der Waals surface area contributed by atoms with Crippen molar-refractivity contribution < 1.29 is 0 Å². The van der Waals surface area contributed by atoms with Crippen molar-refractivity contribution in [3.63, 3.8) is 0 Å². The Bertz CT molecular complexity index is 6280. The van der Waals surface area contributed by atoms with E-state index < -0.39 is 0 Å².